The molecule has 0 radical (unpaired) electrons. The van der Waals surface area contributed by atoms with Gasteiger partial charge in [-0.1, -0.05) is 0 Å². The van der Waals surface area contributed by atoms with Gasteiger partial charge in [0.15, 0.2) is 10.6 Å². The summed E-state index contributed by atoms with van der Waals surface area (Å²) in [5.41, 5.74) is 0.844. The smallest absolute Gasteiger partial charge is 0.178 e. The Balaban J connectivity index is 1.79. The Kier molecular flexibility index (Phi) is 2.72. The zero-order valence-corrected chi connectivity index (χ0v) is 11.7. The molecule has 3 nitrogen and oxygen atoms in total. The predicted octanol–water partition coefficient (Wildman–Crippen LogP) is 3.39. The molecular formula is C14H15F2N3S. The minimum atomic E-state index is -0.582. The maximum absolute atomic E-state index is 13.8. The number of H-pyrrole nitrogens is 1. The summed E-state index contributed by atoms with van der Waals surface area (Å²) in [6.07, 6.45) is 3.53. The van der Waals surface area contributed by atoms with Gasteiger partial charge in [-0.15, -0.1) is 0 Å². The second-order valence-corrected chi connectivity index (χ2v) is 6.14. The largest absolute Gasteiger partial charge is 0.328 e. The molecular weight excluding hydrogens is 280 g/mol. The van der Waals surface area contributed by atoms with Crippen molar-refractivity contribution in [1.82, 2.24) is 14.5 Å². The molecule has 0 amide bonds. The zero-order valence-electron chi connectivity index (χ0n) is 10.9. The van der Waals surface area contributed by atoms with Crippen molar-refractivity contribution in [2.24, 2.45) is 0 Å². The number of aromatic amines is 1. The number of likely N-dealkylation sites (tertiary alicyclic amines) is 1. The molecule has 2 aliphatic rings. The van der Waals surface area contributed by atoms with E-state index >= 15 is 0 Å². The molecule has 2 fully saturated rings. The van der Waals surface area contributed by atoms with Gasteiger partial charge in [-0.2, -0.15) is 0 Å². The highest BCUT2D eigenvalue weighted by Crippen LogP contribution is 2.35. The molecule has 20 heavy (non-hydrogen) atoms. The third-order valence-electron chi connectivity index (χ3n) is 4.37. The molecule has 106 valence electrons. The lowest BCUT2D eigenvalue weighted by Gasteiger charge is -2.16. The molecule has 2 heterocycles. The van der Waals surface area contributed by atoms with Crippen molar-refractivity contribution in [3.63, 3.8) is 0 Å². The molecule has 4 rings (SSSR count). The highest BCUT2D eigenvalue weighted by Gasteiger charge is 2.35. The van der Waals surface area contributed by atoms with Crippen molar-refractivity contribution >= 4 is 23.3 Å². The summed E-state index contributed by atoms with van der Waals surface area (Å²) in [4.78, 5) is 5.34. The summed E-state index contributed by atoms with van der Waals surface area (Å²) in [7, 11) is 0. The SMILES string of the molecule is Fc1cc(F)c2[nH]c(=S)n(C3CCN(C4CC4)C3)c2c1. The highest BCUT2D eigenvalue weighted by atomic mass is 32.1. The number of benzene rings is 1. The van der Waals surface area contributed by atoms with E-state index in [9.17, 15) is 8.78 Å². The minimum absolute atomic E-state index is 0.207. The van der Waals surface area contributed by atoms with Gasteiger partial charge in [0.2, 0.25) is 0 Å². The number of hydrogen-bond donors (Lipinski definition) is 1. The van der Waals surface area contributed by atoms with Crippen LogP contribution in [0.3, 0.4) is 0 Å². The van der Waals surface area contributed by atoms with Gasteiger partial charge < -0.3 is 9.55 Å². The number of rotatable bonds is 2. The number of halogens is 2. The van der Waals surface area contributed by atoms with E-state index in [1.807, 2.05) is 4.57 Å². The van der Waals surface area contributed by atoms with E-state index in [4.69, 9.17) is 12.2 Å². The standard InChI is InChI=1S/C14H15F2N3S/c15-8-5-11(16)13-12(6-8)19(14(20)17-13)10-3-4-18(7-10)9-1-2-9/h5-6,9-10H,1-4,7H2,(H,17,20). The fourth-order valence-electron chi connectivity index (χ4n) is 3.26. The molecule has 1 N–H and O–H groups in total. The van der Waals surface area contributed by atoms with Crippen LogP contribution in [-0.2, 0) is 0 Å². The molecule has 0 spiro atoms. The molecule has 1 aromatic carbocycles. The van der Waals surface area contributed by atoms with Crippen LogP contribution < -0.4 is 0 Å². The van der Waals surface area contributed by atoms with Crippen molar-refractivity contribution in [2.45, 2.75) is 31.3 Å². The van der Waals surface area contributed by atoms with E-state index in [2.05, 4.69) is 9.88 Å². The predicted molar refractivity (Wildman–Crippen MR) is 75.3 cm³/mol. The van der Waals surface area contributed by atoms with E-state index < -0.39 is 11.6 Å². The molecule has 1 aliphatic heterocycles. The summed E-state index contributed by atoms with van der Waals surface area (Å²) in [6.45, 7) is 1.96. The molecule has 1 unspecified atom stereocenters. The summed E-state index contributed by atoms with van der Waals surface area (Å²) in [5, 5.41) is 0. The normalized spacial score (nSPS) is 23.8. The van der Waals surface area contributed by atoms with Crippen LogP contribution in [0.4, 0.5) is 8.78 Å². The van der Waals surface area contributed by atoms with Crippen molar-refractivity contribution in [3.05, 3.63) is 28.5 Å². The molecule has 1 aliphatic carbocycles. The second-order valence-electron chi connectivity index (χ2n) is 5.75. The number of imidazole rings is 1. The lowest BCUT2D eigenvalue weighted by Crippen LogP contribution is -2.23. The summed E-state index contributed by atoms with van der Waals surface area (Å²) in [5.74, 6) is -1.14. The zero-order chi connectivity index (χ0) is 13.9. The van der Waals surface area contributed by atoms with Gasteiger partial charge in [0.1, 0.15) is 11.3 Å². The third kappa shape index (κ3) is 1.90. The Labute approximate surface area is 120 Å². The van der Waals surface area contributed by atoms with Crippen LogP contribution in [-0.4, -0.2) is 33.6 Å². The van der Waals surface area contributed by atoms with E-state index in [-0.39, 0.29) is 6.04 Å². The fraction of sp³-hybridized carbons (Fsp3) is 0.500. The molecule has 1 aromatic heterocycles. The fourth-order valence-corrected chi connectivity index (χ4v) is 3.61. The molecule has 6 heteroatoms. The Hall–Kier alpha value is -1.27. The molecule has 0 bridgehead atoms. The van der Waals surface area contributed by atoms with Gasteiger partial charge in [0.05, 0.1) is 11.6 Å². The quantitative estimate of drug-likeness (QED) is 0.859. The lowest BCUT2D eigenvalue weighted by atomic mass is 10.2. The van der Waals surface area contributed by atoms with E-state index in [1.54, 1.807) is 0 Å². The van der Waals surface area contributed by atoms with E-state index in [0.717, 1.165) is 25.6 Å². The first-order valence-corrected chi connectivity index (χ1v) is 7.37. The highest BCUT2D eigenvalue weighted by molar-refractivity contribution is 7.71. The minimum Gasteiger partial charge on any atom is -0.328 e. The van der Waals surface area contributed by atoms with Crippen molar-refractivity contribution < 1.29 is 8.78 Å². The van der Waals surface area contributed by atoms with Crippen LogP contribution >= 0.6 is 12.2 Å². The third-order valence-corrected chi connectivity index (χ3v) is 4.67. The Bertz CT molecular complexity index is 732. The molecule has 1 saturated carbocycles. The van der Waals surface area contributed by atoms with Crippen LogP contribution in [0, 0.1) is 16.4 Å². The van der Waals surface area contributed by atoms with E-state index in [0.29, 0.717) is 21.8 Å². The number of nitrogens with zero attached hydrogens (tertiary/aromatic N) is 2. The van der Waals surface area contributed by atoms with Crippen molar-refractivity contribution in [2.75, 3.05) is 13.1 Å². The topological polar surface area (TPSA) is 24.0 Å². The molecule has 1 saturated heterocycles. The number of nitrogens with one attached hydrogen (secondary N) is 1. The maximum atomic E-state index is 13.8. The van der Waals surface area contributed by atoms with Crippen LogP contribution in [0.1, 0.15) is 25.3 Å². The Morgan fingerprint density at radius 2 is 1.95 bits per heavy atom. The van der Waals surface area contributed by atoms with Gasteiger partial charge in [0.25, 0.3) is 0 Å². The van der Waals surface area contributed by atoms with Crippen molar-refractivity contribution in [1.29, 1.82) is 0 Å². The number of aromatic nitrogens is 2. The first kappa shape index (κ1) is 12.5. The number of fused-ring (bicyclic) bond motifs is 1. The van der Waals surface area contributed by atoms with E-state index in [1.165, 1.54) is 18.9 Å². The van der Waals surface area contributed by atoms with Crippen LogP contribution in [0.5, 0.6) is 0 Å². The average molecular weight is 295 g/mol. The maximum Gasteiger partial charge on any atom is 0.178 e. The number of hydrogen-bond acceptors (Lipinski definition) is 2. The van der Waals surface area contributed by atoms with Crippen molar-refractivity contribution in [3.8, 4) is 0 Å². The summed E-state index contributed by atoms with van der Waals surface area (Å²) < 4.78 is 29.6. The molecule has 1 atom stereocenters. The van der Waals surface area contributed by atoms with Crippen LogP contribution in [0.25, 0.3) is 11.0 Å². The van der Waals surface area contributed by atoms with Gasteiger partial charge >= 0.3 is 0 Å². The van der Waals surface area contributed by atoms with Gasteiger partial charge in [-0.05, 0) is 37.5 Å². The lowest BCUT2D eigenvalue weighted by molar-refractivity contribution is 0.314. The first-order valence-electron chi connectivity index (χ1n) is 6.97. The monoisotopic (exact) mass is 295 g/mol. The summed E-state index contributed by atoms with van der Waals surface area (Å²) >= 11 is 5.31. The van der Waals surface area contributed by atoms with Crippen LogP contribution in [0.15, 0.2) is 12.1 Å². The average Bonchev–Trinajstić information content (AvgIpc) is 3.04. The van der Waals surface area contributed by atoms with Gasteiger partial charge in [0, 0.05) is 25.2 Å². The first-order chi connectivity index (χ1) is 9.63. The Morgan fingerprint density at radius 1 is 1.15 bits per heavy atom. The Morgan fingerprint density at radius 3 is 2.70 bits per heavy atom. The summed E-state index contributed by atoms with van der Waals surface area (Å²) in [6, 6.07) is 3.18. The second kappa shape index (κ2) is 4.36. The van der Waals surface area contributed by atoms with Gasteiger partial charge in [-0.25, -0.2) is 8.78 Å². The van der Waals surface area contributed by atoms with Gasteiger partial charge in [-0.3, -0.25) is 4.90 Å². The van der Waals surface area contributed by atoms with Crippen LogP contribution in [0.2, 0.25) is 0 Å². The molecule has 2 aromatic rings.